The maximum atomic E-state index is 13.3. The number of benzene rings is 2. The fourth-order valence-electron chi connectivity index (χ4n) is 5.07. The first-order valence-electron chi connectivity index (χ1n) is 12.1. The summed E-state index contributed by atoms with van der Waals surface area (Å²) in [4.78, 5) is 17.5. The maximum absolute atomic E-state index is 13.3. The largest absolute Gasteiger partial charge is 0.378 e. The molecule has 0 saturated heterocycles. The summed E-state index contributed by atoms with van der Waals surface area (Å²) in [6.45, 7) is 0. The highest BCUT2D eigenvalue weighted by Crippen LogP contribution is 2.46. The standard InChI is InChI=1S/C28H34N4O/c1-30(2)23-14-8-19(9-15-23)18-22-6-5-7-25-26(22)29-32(28(33)21-10-11-21)27(25)20-12-16-24(17-13-20)31(3)4/h8-9,12-18,21,25,27H,5-7,10-11H2,1-4H3/b22-18-. The Morgan fingerprint density at radius 3 is 2.09 bits per heavy atom. The van der Waals surface area contributed by atoms with Crippen molar-refractivity contribution < 1.29 is 4.79 Å². The van der Waals surface area contributed by atoms with Crippen LogP contribution in [0.4, 0.5) is 11.4 Å². The number of hydrogen-bond donors (Lipinski definition) is 0. The zero-order chi connectivity index (χ0) is 23.1. The van der Waals surface area contributed by atoms with E-state index >= 15 is 0 Å². The van der Waals surface area contributed by atoms with Crippen LogP contribution in [-0.4, -0.2) is 44.8 Å². The summed E-state index contributed by atoms with van der Waals surface area (Å²) < 4.78 is 0. The summed E-state index contributed by atoms with van der Waals surface area (Å²) in [5.74, 6) is 0.622. The predicted octanol–water partition coefficient (Wildman–Crippen LogP) is 5.35. The third kappa shape index (κ3) is 4.29. The van der Waals surface area contributed by atoms with Crippen LogP contribution >= 0.6 is 0 Å². The molecule has 33 heavy (non-hydrogen) atoms. The van der Waals surface area contributed by atoms with Crippen molar-refractivity contribution in [3.05, 3.63) is 65.2 Å². The molecular formula is C28H34N4O. The number of amides is 1. The van der Waals surface area contributed by atoms with Gasteiger partial charge in [-0.3, -0.25) is 4.79 Å². The van der Waals surface area contributed by atoms with Gasteiger partial charge in [-0.05, 0) is 79.1 Å². The van der Waals surface area contributed by atoms with E-state index in [1.54, 1.807) is 0 Å². The first kappa shape index (κ1) is 21.7. The van der Waals surface area contributed by atoms with Gasteiger partial charge in [-0.25, -0.2) is 5.01 Å². The molecule has 5 rings (SSSR count). The van der Waals surface area contributed by atoms with E-state index < -0.39 is 0 Å². The van der Waals surface area contributed by atoms with Crippen LogP contribution in [0.15, 0.2) is 59.2 Å². The molecule has 1 aliphatic heterocycles. The van der Waals surface area contributed by atoms with Crippen molar-refractivity contribution in [2.75, 3.05) is 38.0 Å². The number of hydrazone groups is 1. The van der Waals surface area contributed by atoms with Crippen LogP contribution in [0.1, 0.15) is 49.3 Å². The van der Waals surface area contributed by atoms with Gasteiger partial charge in [-0.1, -0.05) is 24.3 Å². The molecular weight excluding hydrogens is 408 g/mol. The highest BCUT2D eigenvalue weighted by atomic mass is 16.2. The van der Waals surface area contributed by atoms with E-state index in [1.807, 2.05) is 5.01 Å². The van der Waals surface area contributed by atoms with Gasteiger partial charge in [0.25, 0.3) is 0 Å². The summed E-state index contributed by atoms with van der Waals surface area (Å²) in [7, 11) is 8.22. The lowest BCUT2D eigenvalue weighted by atomic mass is 9.77. The third-order valence-corrected chi connectivity index (χ3v) is 7.16. The molecule has 0 spiro atoms. The second-order valence-corrected chi connectivity index (χ2v) is 10.0. The van der Waals surface area contributed by atoms with E-state index in [0.717, 1.165) is 37.8 Å². The minimum atomic E-state index is 0.00382. The fourth-order valence-corrected chi connectivity index (χ4v) is 5.07. The summed E-state index contributed by atoms with van der Waals surface area (Å²) in [5.41, 5.74) is 7.15. The van der Waals surface area contributed by atoms with Crippen molar-refractivity contribution >= 4 is 29.1 Å². The minimum absolute atomic E-state index is 0.00382. The summed E-state index contributed by atoms with van der Waals surface area (Å²) >= 11 is 0. The molecule has 2 aromatic rings. The Labute approximate surface area is 197 Å². The lowest BCUT2D eigenvalue weighted by molar-refractivity contribution is -0.135. The Hall–Kier alpha value is -3.08. The van der Waals surface area contributed by atoms with Crippen molar-refractivity contribution in [3.8, 4) is 0 Å². The second-order valence-electron chi connectivity index (χ2n) is 10.0. The number of rotatable bonds is 5. The van der Waals surface area contributed by atoms with Gasteiger partial charge in [0.1, 0.15) is 0 Å². The molecule has 5 heteroatoms. The average molecular weight is 443 g/mol. The Kier molecular flexibility index (Phi) is 5.73. The van der Waals surface area contributed by atoms with E-state index in [9.17, 15) is 4.79 Å². The van der Waals surface area contributed by atoms with Crippen molar-refractivity contribution in [2.45, 2.75) is 38.1 Å². The zero-order valence-corrected chi connectivity index (χ0v) is 20.2. The number of allylic oxidation sites excluding steroid dienone is 1. The molecule has 2 atom stereocenters. The number of carbonyl (C=O) groups excluding carboxylic acids is 1. The quantitative estimate of drug-likeness (QED) is 0.626. The van der Waals surface area contributed by atoms with E-state index in [2.05, 4.69) is 92.6 Å². The zero-order valence-electron chi connectivity index (χ0n) is 20.2. The monoisotopic (exact) mass is 442 g/mol. The molecule has 5 nitrogen and oxygen atoms in total. The van der Waals surface area contributed by atoms with Gasteiger partial charge in [-0.2, -0.15) is 5.10 Å². The molecule has 0 aromatic heterocycles. The Morgan fingerprint density at radius 2 is 1.52 bits per heavy atom. The topological polar surface area (TPSA) is 39.1 Å². The van der Waals surface area contributed by atoms with E-state index in [0.29, 0.717) is 0 Å². The highest BCUT2D eigenvalue weighted by Gasteiger charge is 2.46. The molecule has 3 aliphatic rings. The summed E-state index contributed by atoms with van der Waals surface area (Å²) in [6.07, 6.45) is 7.49. The van der Waals surface area contributed by atoms with Gasteiger partial charge in [0, 0.05) is 51.4 Å². The van der Waals surface area contributed by atoms with Gasteiger partial charge in [0.15, 0.2) is 0 Å². The molecule has 1 amide bonds. The van der Waals surface area contributed by atoms with Crippen LogP contribution in [0.3, 0.4) is 0 Å². The highest BCUT2D eigenvalue weighted by molar-refractivity contribution is 6.08. The fraction of sp³-hybridized carbons (Fsp3) is 0.429. The Balaban J connectivity index is 1.49. The molecule has 2 saturated carbocycles. The lowest BCUT2D eigenvalue weighted by Crippen LogP contribution is -2.32. The van der Waals surface area contributed by atoms with E-state index in [1.165, 1.54) is 28.1 Å². The van der Waals surface area contributed by atoms with Crippen LogP contribution in [-0.2, 0) is 4.79 Å². The van der Waals surface area contributed by atoms with Crippen molar-refractivity contribution in [1.82, 2.24) is 5.01 Å². The van der Waals surface area contributed by atoms with Crippen LogP contribution in [0.25, 0.3) is 6.08 Å². The first-order valence-corrected chi connectivity index (χ1v) is 12.1. The van der Waals surface area contributed by atoms with E-state index in [-0.39, 0.29) is 23.8 Å². The van der Waals surface area contributed by atoms with E-state index in [4.69, 9.17) is 5.10 Å². The average Bonchev–Trinajstić information content (AvgIpc) is 3.59. The molecule has 0 N–H and O–H groups in total. The van der Waals surface area contributed by atoms with Crippen molar-refractivity contribution in [1.29, 1.82) is 0 Å². The first-order chi connectivity index (χ1) is 15.9. The van der Waals surface area contributed by atoms with Crippen molar-refractivity contribution in [3.63, 3.8) is 0 Å². The molecule has 2 aliphatic carbocycles. The number of nitrogens with zero attached hydrogens (tertiary/aromatic N) is 4. The third-order valence-electron chi connectivity index (χ3n) is 7.16. The lowest BCUT2D eigenvalue weighted by Gasteiger charge is -2.30. The molecule has 0 bridgehead atoms. The van der Waals surface area contributed by atoms with Gasteiger partial charge in [0.2, 0.25) is 5.91 Å². The second kappa shape index (κ2) is 8.69. The maximum Gasteiger partial charge on any atom is 0.246 e. The summed E-state index contributed by atoms with van der Waals surface area (Å²) in [6, 6.07) is 17.3. The van der Waals surface area contributed by atoms with Gasteiger partial charge in [0.05, 0.1) is 11.8 Å². The normalized spacial score (nSPS) is 23.3. The number of fused-ring (bicyclic) bond motifs is 1. The van der Waals surface area contributed by atoms with Crippen molar-refractivity contribution in [2.24, 2.45) is 16.9 Å². The predicted molar refractivity (Wildman–Crippen MR) is 137 cm³/mol. The van der Waals surface area contributed by atoms with Gasteiger partial charge in [-0.15, -0.1) is 0 Å². The van der Waals surface area contributed by atoms with Gasteiger partial charge >= 0.3 is 0 Å². The number of hydrogen-bond acceptors (Lipinski definition) is 4. The smallest absolute Gasteiger partial charge is 0.246 e. The molecule has 2 unspecified atom stereocenters. The summed E-state index contributed by atoms with van der Waals surface area (Å²) in [5, 5.41) is 6.87. The van der Waals surface area contributed by atoms with Crippen LogP contribution in [0, 0.1) is 11.8 Å². The molecule has 1 heterocycles. The Morgan fingerprint density at radius 1 is 0.909 bits per heavy atom. The molecule has 2 aromatic carbocycles. The molecule has 172 valence electrons. The minimum Gasteiger partial charge on any atom is -0.378 e. The van der Waals surface area contributed by atoms with Crippen LogP contribution < -0.4 is 9.80 Å². The van der Waals surface area contributed by atoms with Crippen LogP contribution in [0.5, 0.6) is 0 Å². The van der Waals surface area contributed by atoms with Gasteiger partial charge < -0.3 is 9.80 Å². The Bertz CT molecular complexity index is 1080. The molecule has 2 fully saturated rings. The van der Waals surface area contributed by atoms with Crippen LogP contribution in [0.2, 0.25) is 0 Å². The number of anilines is 2. The SMILES string of the molecule is CN(C)c1ccc(/C=C2/CCCC3C2=NN(C(=O)C2CC2)C3c2ccc(N(C)C)cc2)cc1. The number of carbonyl (C=O) groups is 1. The molecule has 0 radical (unpaired) electrons.